The molecule has 24 heavy (non-hydrogen) atoms. The van der Waals surface area contributed by atoms with E-state index < -0.39 is 0 Å². The second kappa shape index (κ2) is 8.01. The Morgan fingerprint density at radius 2 is 1.79 bits per heavy atom. The molecule has 2 amide bonds. The lowest BCUT2D eigenvalue weighted by atomic mass is 9.94. The second-order valence-electron chi connectivity index (χ2n) is 6.71. The molecule has 132 valence electrons. The molecule has 2 saturated heterocycles. The van der Waals surface area contributed by atoms with Gasteiger partial charge in [-0.3, -0.25) is 14.3 Å². The van der Waals surface area contributed by atoms with Crippen molar-refractivity contribution in [3.05, 3.63) is 17.4 Å². The number of nitrogens with zero attached hydrogens (tertiary/aromatic N) is 4. The number of piperidine rings is 2. The van der Waals surface area contributed by atoms with Gasteiger partial charge in [-0.25, -0.2) is 0 Å². The Labute approximate surface area is 147 Å². The molecule has 2 fully saturated rings. The number of amides is 2. The Kier molecular flexibility index (Phi) is 5.76. The Hall–Kier alpha value is -1.56. The fourth-order valence-electron chi connectivity index (χ4n) is 3.58. The number of likely N-dealkylation sites (tertiary alicyclic amines) is 2. The molecule has 0 unspecified atom stereocenters. The Balaban J connectivity index is 1.42. The molecule has 0 aliphatic carbocycles. The number of hydrogen-bond acceptors (Lipinski definition) is 3. The monoisotopic (exact) mass is 352 g/mol. The minimum atomic E-state index is 0.0945. The smallest absolute Gasteiger partial charge is 0.225 e. The zero-order valence-electron chi connectivity index (χ0n) is 14.0. The van der Waals surface area contributed by atoms with Crippen LogP contribution in [0, 0.1) is 5.92 Å². The predicted octanol–water partition coefficient (Wildman–Crippen LogP) is 2.18. The van der Waals surface area contributed by atoms with Crippen molar-refractivity contribution < 1.29 is 9.59 Å². The number of rotatable bonds is 4. The Morgan fingerprint density at radius 3 is 2.42 bits per heavy atom. The number of aromatic nitrogens is 2. The zero-order valence-corrected chi connectivity index (χ0v) is 14.7. The highest BCUT2D eigenvalue weighted by atomic mass is 35.5. The van der Waals surface area contributed by atoms with Crippen molar-refractivity contribution in [1.82, 2.24) is 19.6 Å². The fraction of sp³-hybridized carbons (Fsp3) is 0.706. The molecule has 3 rings (SSSR count). The van der Waals surface area contributed by atoms with E-state index in [9.17, 15) is 9.59 Å². The van der Waals surface area contributed by atoms with Gasteiger partial charge < -0.3 is 9.80 Å². The fourth-order valence-corrected chi connectivity index (χ4v) is 3.73. The van der Waals surface area contributed by atoms with Gasteiger partial charge in [0, 0.05) is 51.3 Å². The van der Waals surface area contributed by atoms with Gasteiger partial charge in [0.2, 0.25) is 11.8 Å². The third-order valence-electron chi connectivity index (χ3n) is 5.02. The molecule has 1 aromatic heterocycles. The summed E-state index contributed by atoms with van der Waals surface area (Å²) in [5.41, 5.74) is 0. The maximum Gasteiger partial charge on any atom is 0.225 e. The summed E-state index contributed by atoms with van der Waals surface area (Å²) >= 11 is 5.82. The lowest BCUT2D eigenvalue weighted by Crippen LogP contribution is -2.45. The predicted molar refractivity (Wildman–Crippen MR) is 91.6 cm³/mol. The quantitative estimate of drug-likeness (QED) is 0.834. The van der Waals surface area contributed by atoms with Crippen molar-refractivity contribution >= 4 is 23.4 Å². The molecule has 1 aromatic rings. The molecule has 6 nitrogen and oxygen atoms in total. The minimum Gasteiger partial charge on any atom is -0.343 e. The van der Waals surface area contributed by atoms with Crippen LogP contribution < -0.4 is 0 Å². The summed E-state index contributed by atoms with van der Waals surface area (Å²) in [5, 5.41) is 4.67. The number of carbonyl (C=O) groups is 2. The van der Waals surface area contributed by atoms with E-state index >= 15 is 0 Å². The Morgan fingerprint density at radius 1 is 1.08 bits per heavy atom. The van der Waals surface area contributed by atoms with Crippen LogP contribution in [0.5, 0.6) is 0 Å². The van der Waals surface area contributed by atoms with Gasteiger partial charge in [0.15, 0.2) is 0 Å². The van der Waals surface area contributed by atoms with Gasteiger partial charge in [-0.05, 0) is 32.1 Å². The van der Waals surface area contributed by atoms with Gasteiger partial charge in [0.1, 0.15) is 0 Å². The molecule has 0 radical (unpaired) electrons. The Bertz CT molecular complexity index is 575. The van der Waals surface area contributed by atoms with Gasteiger partial charge in [0.05, 0.1) is 11.2 Å². The lowest BCUT2D eigenvalue weighted by Gasteiger charge is -2.35. The van der Waals surface area contributed by atoms with Crippen LogP contribution in [0.25, 0.3) is 0 Å². The van der Waals surface area contributed by atoms with Crippen molar-refractivity contribution in [2.45, 2.75) is 45.1 Å². The van der Waals surface area contributed by atoms with Crippen LogP contribution in [-0.4, -0.2) is 57.6 Å². The number of hydrogen-bond donors (Lipinski definition) is 0. The summed E-state index contributed by atoms with van der Waals surface area (Å²) < 4.78 is 1.69. The van der Waals surface area contributed by atoms with Gasteiger partial charge >= 0.3 is 0 Å². The van der Waals surface area contributed by atoms with E-state index in [0.717, 1.165) is 38.8 Å². The first-order valence-corrected chi connectivity index (χ1v) is 9.26. The SMILES string of the molecule is O=C(CCn1cc(Cl)cn1)N1CCC(C(=O)N2CCCCC2)CC1. The summed E-state index contributed by atoms with van der Waals surface area (Å²) in [4.78, 5) is 28.8. The maximum absolute atomic E-state index is 12.5. The first kappa shape index (κ1) is 17.3. The average Bonchev–Trinajstić information content (AvgIpc) is 3.05. The van der Waals surface area contributed by atoms with Crippen LogP contribution in [0.2, 0.25) is 5.02 Å². The van der Waals surface area contributed by atoms with Crippen LogP contribution in [0.4, 0.5) is 0 Å². The van der Waals surface area contributed by atoms with Crippen LogP contribution >= 0.6 is 11.6 Å². The zero-order chi connectivity index (χ0) is 16.9. The molecule has 3 heterocycles. The van der Waals surface area contributed by atoms with E-state index in [1.807, 2.05) is 9.80 Å². The molecule has 0 atom stereocenters. The van der Waals surface area contributed by atoms with Gasteiger partial charge in [0.25, 0.3) is 0 Å². The summed E-state index contributed by atoms with van der Waals surface area (Å²) in [6.07, 6.45) is 8.77. The van der Waals surface area contributed by atoms with Crippen molar-refractivity contribution in [1.29, 1.82) is 0 Å². The van der Waals surface area contributed by atoms with Crippen molar-refractivity contribution in [3.63, 3.8) is 0 Å². The average molecular weight is 353 g/mol. The number of halogens is 1. The van der Waals surface area contributed by atoms with Crippen LogP contribution in [0.1, 0.15) is 38.5 Å². The molecule has 0 spiro atoms. The topological polar surface area (TPSA) is 58.4 Å². The van der Waals surface area contributed by atoms with Gasteiger partial charge in [-0.15, -0.1) is 0 Å². The highest BCUT2D eigenvalue weighted by Gasteiger charge is 2.30. The second-order valence-corrected chi connectivity index (χ2v) is 7.15. The number of aryl methyl sites for hydroxylation is 1. The van der Waals surface area contributed by atoms with E-state index in [2.05, 4.69) is 5.10 Å². The molecular formula is C17H25ClN4O2. The van der Waals surface area contributed by atoms with Crippen LogP contribution in [0.3, 0.4) is 0 Å². The molecule has 0 saturated carbocycles. The molecule has 0 N–H and O–H groups in total. The third-order valence-corrected chi connectivity index (χ3v) is 5.22. The summed E-state index contributed by atoms with van der Waals surface area (Å²) in [7, 11) is 0. The molecule has 2 aliphatic heterocycles. The van der Waals surface area contributed by atoms with Gasteiger partial charge in [-0.2, -0.15) is 5.10 Å². The largest absolute Gasteiger partial charge is 0.343 e. The van der Waals surface area contributed by atoms with Crippen LogP contribution in [-0.2, 0) is 16.1 Å². The third kappa shape index (κ3) is 4.29. The standard InChI is InChI=1S/C17H25ClN4O2/c18-15-12-19-22(13-15)11-6-16(23)20-9-4-14(5-10-20)17(24)21-7-2-1-3-8-21/h12-14H,1-11H2. The first-order chi connectivity index (χ1) is 11.6. The molecule has 0 bridgehead atoms. The first-order valence-electron chi connectivity index (χ1n) is 8.88. The van der Waals surface area contributed by atoms with E-state index in [0.29, 0.717) is 37.0 Å². The van der Waals surface area contributed by atoms with Crippen molar-refractivity contribution in [2.24, 2.45) is 5.92 Å². The number of carbonyl (C=O) groups excluding carboxylic acids is 2. The van der Waals surface area contributed by atoms with E-state index in [-0.39, 0.29) is 11.8 Å². The highest BCUT2D eigenvalue weighted by Crippen LogP contribution is 2.22. The van der Waals surface area contributed by atoms with E-state index in [4.69, 9.17) is 11.6 Å². The van der Waals surface area contributed by atoms with Gasteiger partial charge in [-0.1, -0.05) is 11.6 Å². The lowest BCUT2D eigenvalue weighted by molar-refractivity contribution is -0.141. The summed E-state index contributed by atoms with van der Waals surface area (Å²) in [6, 6.07) is 0. The van der Waals surface area contributed by atoms with Crippen molar-refractivity contribution in [2.75, 3.05) is 26.2 Å². The summed E-state index contributed by atoms with van der Waals surface area (Å²) in [6.45, 7) is 3.72. The van der Waals surface area contributed by atoms with E-state index in [1.165, 1.54) is 6.42 Å². The normalized spacial score (nSPS) is 19.5. The molecular weight excluding hydrogens is 328 g/mol. The van der Waals surface area contributed by atoms with Crippen molar-refractivity contribution in [3.8, 4) is 0 Å². The van der Waals surface area contributed by atoms with Crippen LogP contribution in [0.15, 0.2) is 12.4 Å². The molecule has 0 aromatic carbocycles. The van der Waals surface area contributed by atoms with E-state index in [1.54, 1.807) is 17.1 Å². The highest BCUT2D eigenvalue weighted by molar-refractivity contribution is 6.30. The summed E-state index contributed by atoms with van der Waals surface area (Å²) in [5.74, 6) is 0.524. The molecule has 2 aliphatic rings. The maximum atomic E-state index is 12.5. The molecule has 7 heteroatoms. The minimum absolute atomic E-state index is 0.0945.